The van der Waals surface area contributed by atoms with Crippen LogP contribution in [0.5, 0.6) is 0 Å². The Morgan fingerprint density at radius 3 is 1.80 bits per heavy atom. The quantitative estimate of drug-likeness (QED) is 0.181. The molecule has 0 aliphatic heterocycles. The van der Waals surface area contributed by atoms with Gasteiger partial charge in [0.15, 0.2) is 0 Å². The first-order valence-corrected chi connectivity index (χ1v) is 15.1. The number of hydrogen-bond donors (Lipinski definition) is 0. The Morgan fingerprint density at radius 1 is 0.388 bits per heavy atom. The van der Waals surface area contributed by atoms with E-state index in [1.54, 1.807) is 0 Å². The number of hydrogen-bond acceptors (Lipinski definition) is 3. The third-order valence-corrected chi connectivity index (χ3v) is 8.59. The largest absolute Gasteiger partial charge is 0.455 e. The van der Waals surface area contributed by atoms with Crippen LogP contribution in [0.1, 0.15) is 39.8 Å². The van der Waals surface area contributed by atoms with E-state index >= 15 is 0 Å². The van der Waals surface area contributed by atoms with E-state index in [0.717, 1.165) is 0 Å². The molecule has 0 N–H and O–H groups in total. The van der Waals surface area contributed by atoms with Crippen molar-refractivity contribution in [3.05, 3.63) is 175 Å². The molecule has 0 aliphatic rings. The smallest absolute Gasteiger partial charge is 0.143 e. The fraction of sp³-hybridized carbons (Fsp3) is 0. The van der Waals surface area contributed by atoms with E-state index in [1.807, 2.05) is 0 Å². The van der Waals surface area contributed by atoms with Gasteiger partial charge in [0.05, 0.1) is 39.8 Å². The molecule has 230 valence electrons. The molecule has 3 heteroatoms. The topological polar surface area (TPSA) is 16.4 Å². The van der Waals surface area contributed by atoms with Crippen LogP contribution in [0.15, 0.2) is 180 Å². The Bertz CT molecular complexity index is 4420. The lowest BCUT2D eigenvalue weighted by Gasteiger charge is -2.25. The standard InChI is InChI=1S/C46H29NOS/c1-3-12-30(13-4-1)41-29-42-40-20-11-19-35(45(40)48-46(42)39-18-8-7-16-36(39)41)31-22-24-33(25-23-31)47(32-14-5-2-6-15-32)34-26-27-38-37-17-9-10-21-43(37)49-44(38)28-34/h1-29H/i1D,2D,3D,4D,5D,6D,7D,8D,9D,10D,11D,12D,13D,14D,15D,16D,17D,18D,19D,20D,21D,22D,23D,24D,25D,26D,27D,28D,29D. The summed E-state index contributed by atoms with van der Waals surface area (Å²) < 4.78 is 265. The lowest BCUT2D eigenvalue weighted by molar-refractivity contribution is 0.674. The van der Waals surface area contributed by atoms with Crippen LogP contribution >= 0.6 is 11.3 Å². The molecule has 0 bridgehead atoms. The SMILES string of the molecule is [2H]c1c([2H])c([2H])c(-c2c([2H])c3c(oc4c(-c5c([2H])c([2H])c(N(c6c([2H])c([2H])c([2H])c([2H])c6[2H])c6c([2H])c([2H])c7c(sc8c([2H])c([2H])c([2H])c([2H])c87)c6[2H])c([2H])c5[2H])c([2H])c([2H])c([2H])c43)c3c([2H])c([2H])c([2H])c([2H])c23)c([2H])c1[2H]. The average Bonchev–Trinajstić information content (AvgIpc) is 3.96. The van der Waals surface area contributed by atoms with Crippen LogP contribution in [0.2, 0.25) is 0 Å². The van der Waals surface area contributed by atoms with Crippen LogP contribution < -0.4 is 4.90 Å². The summed E-state index contributed by atoms with van der Waals surface area (Å²) in [6, 6.07) is -26.6. The Morgan fingerprint density at radius 2 is 0.980 bits per heavy atom. The van der Waals surface area contributed by atoms with Gasteiger partial charge in [-0.05, 0) is 70.4 Å². The second-order valence-electron chi connectivity index (χ2n) is 10.3. The highest BCUT2D eigenvalue weighted by atomic mass is 32.1. The summed E-state index contributed by atoms with van der Waals surface area (Å²) in [4.78, 5) is 0.486. The second kappa shape index (κ2) is 11.2. The molecule has 0 saturated carbocycles. The maximum Gasteiger partial charge on any atom is 0.143 e. The van der Waals surface area contributed by atoms with Crippen molar-refractivity contribution in [2.75, 3.05) is 4.90 Å². The molecule has 0 saturated heterocycles. The molecule has 0 aliphatic carbocycles. The lowest BCUT2D eigenvalue weighted by Crippen LogP contribution is -2.09. The molecule has 2 heterocycles. The number of furan rings is 1. The Kier molecular flexibility index (Phi) is 2.63. The molecule has 10 aromatic rings. The van der Waals surface area contributed by atoms with Gasteiger partial charge in [0, 0.05) is 59.0 Å². The zero-order valence-corrected chi connectivity index (χ0v) is 25.1. The third-order valence-electron chi connectivity index (χ3n) is 7.57. The van der Waals surface area contributed by atoms with Gasteiger partial charge in [0.1, 0.15) is 11.2 Å². The third kappa shape index (κ3) is 4.55. The number of benzene rings is 8. The maximum atomic E-state index is 9.65. The maximum absolute atomic E-state index is 9.65. The molecule has 2 aromatic heterocycles. The first kappa shape index (κ1) is 11.5. The second-order valence-corrected chi connectivity index (χ2v) is 11.3. The molecule has 0 unspecified atom stereocenters. The van der Waals surface area contributed by atoms with Gasteiger partial charge in [-0.3, -0.25) is 0 Å². The molecule has 2 nitrogen and oxygen atoms in total. The molecule has 0 fully saturated rings. The number of anilines is 3. The average molecular weight is 673 g/mol. The number of thiophene rings is 1. The lowest BCUT2D eigenvalue weighted by atomic mass is 9.95. The summed E-state index contributed by atoms with van der Waals surface area (Å²) in [7, 11) is 0. The highest BCUT2D eigenvalue weighted by Crippen LogP contribution is 2.44. The number of nitrogens with zero attached hydrogens (tertiary/aromatic N) is 1. The van der Waals surface area contributed by atoms with Crippen molar-refractivity contribution in [2.24, 2.45) is 0 Å². The van der Waals surface area contributed by atoms with Crippen molar-refractivity contribution in [2.45, 2.75) is 0 Å². The van der Waals surface area contributed by atoms with Crippen LogP contribution in [0, 0.1) is 0 Å². The van der Waals surface area contributed by atoms with E-state index in [0.29, 0.717) is 16.2 Å². The molecule has 8 aromatic carbocycles. The minimum absolute atomic E-state index is 0.149. The Labute approximate surface area is 328 Å². The first-order valence-electron chi connectivity index (χ1n) is 28.7. The summed E-state index contributed by atoms with van der Waals surface area (Å²) in [6.07, 6.45) is 0. The van der Waals surface area contributed by atoms with Gasteiger partial charge in [0.2, 0.25) is 0 Å². The van der Waals surface area contributed by atoms with E-state index in [1.165, 1.54) is 0 Å². The highest BCUT2D eigenvalue weighted by molar-refractivity contribution is 7.25. The molecule has 10 rings (SSSR count). The van der Waals surface area contributed by atoms with E-state index < -0.39 is 247 Å². The Balaban J connectivity index is 1.37. The van der Waals surface area contributed by atoms with Crippen LogP contribution in [-0.4, -0.2) is 0 Å². The minimum atomic E-state index is -1.19. The minimum Gasteiger partial charge on any atom is -0.455 e. The normalized spacial score (nSPS) is 20.0. The first-order chi connectivity index (χ1) is 36.4. The zero-order chi connectivity index (χ0) is 57.5. The summed E-state index contributed by atoms with van der Waals surface area (Å²) >= 11 is 0.586. The molecule has 0 atom stereocenters. The molecule has 49 heavy (non-hydrogen) atoms. The van der Waals surface area contributed by atoms with Crippen LogP contribution in [0.25, 0.3) is 75.1 Å². The highest BCUT2D eigenvalue weighted by Gasteiger charge is 2.19. The van der Waals surface area contributed by atoms with Crippen molar-refractivity contribution in [3.63, 3.8) is 0 Å². The number of para-hydroxylation sites is 2. The summed E-state index contributed by atoms with van der Waals surface area (Å²) in [6.45, 7) is 0. The molecular weight excluding hydrogens is 615 g/mol. The van der Waals surface area contributed by atoms with E-state index in [-0.39, 0.29) is 20.2 Å². The van der Waals surface area contributed by atoms with Crippen molar-refractivity contribution in [1.29, 1.82) is 0 Å². The van der Waals surface area contributed by atoms with E-state index in [9.17, 15) is 13.7 Å². The van der Waals surface area contributed by atoms with Crippen molar-refractivity contribution >= 4 is 81.3 Å². The van der Waals surface area contributed by atoms with Crippen LogP contribution in [-0.2, 0) is 0 Å². The predicted octanol–water partition coefficient (Wildman–Crippen LogP) is 13.9. The van der Waals surface area contributed by atoms with E-state index in [2.05, 4.69) is 0 Å². The van der Waals surface area contributed by atoms with Gasteiger partial charge in [-0.25, -0.2) is 0 Å². The van der Waals surface area contributed by atoms with E-state index in [4.69, 9.17) is 30.5 Å². The van der Waals surface area contributed by atoms with Crippen molar-refractivity contribution in [1.82, 2.24) is 0 Å². The fourth-order valence-corrected chi connectivity index (χ4v) is 6.43. The molecule has 0 radical (unpaired) electrons. The van der Waals surface area contributed by atoms with Crippen molar-refractivity contribution in [3.8, 4) is 22.3 Å². The number of fused-ring (bicyclic) bond motifs is 8. The summed E-state index contributed by atoms with van der Waals surface area (Å²) in [5.74, 6) is 0. The molecule has 0 spiro atoms. The van der Waals surface area contributed by atoms with Gasteiger partial charge in [-0.15, -0.1) is 11.3 Å². The van der Waals surface area contributed by atoms with Gasteiger partial charge in [-0.1, -0.05) is 127 Å². The molecular formula is C46H29NOS. The zero-order valence-electron chi connectivity index (χ0n) is 53.3. The summed E-state index contributed by atoms with van der Waals surface area (Å²) in [5.41, 5.74) is -7.25. The van der Waals surface area contributed by atoms with Gasteiger partial charge in [-0.2, -0.15) is 0 Å². The van der Waals surface area contributed by atoms with Gasteiger partial charge in [0.25, 0.3) is 0 Å². The summed E-state index contributed by atoms with van der Waals surface area (Å²) in [5, 5.41) is -2.87. The van der Waals surface area contributed by atoms with Crippen molar-refractivity contribution < 1.29 is 44.2 Å². The fourth-order valence-electron chi connectivity index (χ4n) is 5.46. The Hall–Kier alpha value is -6.16. The van der Waals surface area contributed by atoms with Crippen LogP contribution in [0.3, 0.4) is 0 Å². The predicted molar refractivity (Wildman–Crippen MR) is 210 cm³/mol. The van der Waals surface area contributed by atoms with Gasteiger partial charge < -0.3 is 9.32 Å². The number of rotatable bonds is 5. The van der Waals surface area contributed by atoms with Gasteiger partial charge >= 0.3 is 0 Å². The monoisotopic (exact) mass is 672 g/mol. The molecule has 0 amide bonds. The van der Waals surface area contributed by atoms with Crippen LogP contribution in [0.4, 0.5) is 17.1 Å².